The van der Waals surface area contributed by atoms with Gasteiger partial charge in [-0.25, -0.2) is 0 Å². The van der Waals surface area contributed by atoms with Crippen LogP contribution < -0.4 is 0 Å². The van der Waals surface area contributed by atoms with Crippen molar-refractivity contribution in [3.63, 3.8) is 0 Å². The van der Waals surface area contributed by atoms with Crippen LogP contribution in [0.4, 0.5) is 0 Å². The van der Waals surface area contributed by atoms with E-state index in [2.05, 4.69) is 9.88 Å². The van der Waals surface area contributed by atoms with E-state index < -0.39 is 0 Å². The number of ether oxygens (including phenoxy) is 1. The zero-order valence-corrected chi connectivity index (χ0v) is 16.8. The summed E-state index contributed by atoms with van der Waals surface area (Å²) in [5.41, 5.74) is 3.61. The monoisotopic (exact) mass is 407 g/mol. The van der Waals surface area contributed by atoms with Crippen molar-refractivity contribution in [2.75, 3.05) is 39.4 Å². The Bertz CT molecular complexity index is 1070. The van der Waals surface area contributed by atoms with Gasteiger partial charge in [-0.3, -0.25) is 14.7 Å². The molecule has 29 heavy (non-hydrogen) atoms. The molecule has 0 spiro atoms. The summed E-state index contributed by atoms with van der Waals surface area (Å²) in [5, 5.41) is 1.69. The molecule has 0 aliphatic carbocycles. The summed E-state index contributed by atoms with van der Waals surface area (Å²) < 4.78 is 5.60. The minimum atomic E-state index is 0.0819. The molecule has 1 atom stereocenters. The van der Waals surface area contributed by atoms with E-state index in [-0.39, 0.29) is 5.91 Å². The lowest BCUT2D eigenvalue weighted by molar-refractivity contribution is -0.0394. The highest BCUT2D eigenvalue weighted by Gasteiger charge is 2.32. The molecule has 0 radical (unpaired) electrons. The molecule has 3 heterocycles. The molecule has 1 aromatic heterocycles. The maximum absolute atomic E-state index is 13.2. The number of piperazine rings is 1. The quantitative estimate of drug-likeness (QED) is 0.649. The fourth-order valence-electron chi connectivity index (χ4n) is 4.31. The van der Waals surface area contributed by atoms with Gasteiger partial charge in [-0.05, 0) is 41.5 Å². The first-order valence-corrected chi connectivity index (χ1v) is 10.3. The molecule has 0 saturated carbocycles. The lowest BCUT2D eigenvalue weighted by Gasteiger charge is -2.43. The smallest absolute Gasteiger partial charge is 0.253 e. The fourth-order valence-corrected chi connectivity index (χ4v) is 4.47. The minimum absolute atomic E-state index is 0.0819. The Kier molecular flexibility index (Phi) is 4.96. The predicted molar refractivity (Wildman–Crippen MR) is 114 cm³/mol. The summed E-state index contributed by atoms with van der Waals surface area (Å²) in [5.74, 6) is 0.0819. The van der Waals surface area contributed by atoms with Crippen LogP contribution in [0.3, 0.4) is 0 Å². The molecule has 0 N–H and O–H groups in total. The number of halogens is 1. The summed E-state index contributed by atoms with van der Waals surface area (Å²) in [6, 6.07) is 15.9. The second-order valence-corrected chi connectivity index (χ2v) is 8.05. The number of amides is 1. The van der Waals surface area contributed by atoms with Crippen molar-refractivity contribution < 1.29 is 9.53 Å². The highest BCUT2D eigenvalue weighted by atomic mass is 35.5. The summed E-state index contributed by atoms with van der Waals surface area (Å²) >= 11 is 6.12. The van der Waals surface area contributed by atoms with E-state index in [4.69, 9.17) is 16.3 Å². The maximum Gasteiger partial charge on any atom is 0.253 e. The number of carbonyl (C=O) groups excluding carboxylic acids is 1. The Balaban J connectivity index is 1.44. The van der Waals surface area contributed by atoms with Gasteiger partial charge in [0, 0.05) is 48.3 Å². The number of carbonyl (C=O) groups is 1. The van der Waals surface area contributed by atoms with Crippen molar-refractivity contribution >= 4 is 28.4 Å². The molecule has 2 fully saturated rings. The summed E-state index contributed by atoms with van der Waals surface area (Å²) in [6.07, 6.45) is 1.78. The number of morpholine rings is 1. The number of nitrogens with zero attached hydrogens (tertiary/aromatic N) is 3. The summed E-state index contributed by atoms with van der Waals surface area (Å²) in [6.45, 7) is 4.85. The van der Waals surface area contributed by atoms with E-state index in [1.165, 1.54) is 0 Å². The molecular weight excluding hydrogens is 386 g/mol. The van der Waals surface area contributed by atoms with Gasteiger partial charge in [0.15, 0.2) is 0 Å². The van der Waals surface area contributed by atoms with Crippen LogP contribution in [0.25, 0.3) is 22.0 Å². The Hall–Kier alpha value is -2.47. The van der Waals surface area contributed by atoms with E-state index in [9.17, 15) is 4.79 Å². The van der Waals surface area contributed by atoms with E-state index in [1.807, 2.05) is 53.4 Å². The molecule has 3 aromatic rings. The predicted octanol–water partition coefficient (Wildman–Crippen LogP) is 3.71. The third-order valence-electron chi connectivity index (χ3n) is 5.85. The number of benzene rings is 2. The molecule has 0 bridgehead atoms. The molecule has 1 amide bonds. The highest BCUT2D eigenvalue weighted by Crippen LogP contribution is 2.30. The van der Waals surface area contributed by atoms with Gasteiger partial charge < -0.3 is 9.64 Å². The molecule has 148 valence electrons. The fraction of sp³-hybridized carbons (Fsp3) is 0.304. The van der Waals surface area contributed by atoms with Crippen LogP contribution in [0.1, 0.15) is 10.4 Å². The number of pyridine rings is 1. The second kappa shape index (κ2) is 7.75. The Morgan fingerprint density at radius 1 is 1.10 bits per heavy atom. The van der Waals surface area contributed by atoms with Gasteiger partial charge in [-0.2, -0.15) is 0 Å². The number of rotatable bonds is 2. The van der Waals surface area contributed by atoms with Crippen LogP contribution in [0.15, 0.2) is 54.7 Å². The average Bonchev–Trinajstić information content (AvgIpc) is 2.77. The van der Waals surface area contributed by atoms with Crippen molar-refractivity contribution in [2.24, 2.45) is 0 Å². The normalized spacial score (nSPS) is 19.9. The van der Waals surface area contributed by atoms with Crippen LogP contribution >= 0.6 is 11.6 Å². The standard InChI is InChI=1S/C23H22ClN3O2/c24-18-4-5-21-20(6-7-25-22(21)13-18)16-2-1-3-17(12-16)23(28)27-9-8-26-10-11-29-15-19(26)14-27/h1-7,12-13,19H,8-11,14-15H2. The first kappa shape index (κ1) is 18.6. The molecule has 1 unspecified atom stereocenters. The lowest BCUT2D eigenvalue weighted by atomic mass is 9.99. The largest absolute Gasteiger partial charge is 0.378 e. The van der Waals surface area contributed by atoms with Gasteiger partial charge in [0.05, 0.1) is 24.8 Å². The van der Waals surface area contributed by atoms with Crippen molar-refractivity contribution in [3.05, 3.63) is 65.3 Å². The number of aromatic nitrogens is 1. The first-order valence-electron chi connectivity index (χ1n) is 9.95. The van der Waals surface area contributed by atoms with Gasteiger partial charge in [-0.1, -0.05) is 29.8 Å². The molecule has 2 aliphatic heterocycles. The van der Waals surface area contributed by atoms with E-state index in [0.29, 0.717) is 23.2 Å². The second-order valence-electron chi connectivity index (χ2n) is 7.62. The molecule has 5 rings (SSSR count). The number of fused-ring (bicyclic) bond motifs is 2. The van der Waals surface area contributed by atoms with Crippen LogP contribution in [0.2, 0.25) is 5.02 Å². The molecule has 2 aromatic carbocycles. The van der Waals surface area contributed by atoms with Crippen molar-refractivity contribution in [2.45, 2.75) is 6.04 Å². The molecule has 2 saturated heterocycles. The summed E-state index contributed by atoms with van der Waals surface area (Å²) in [4.78, 5) is 22.0. The topological polar surface area (TPSA) is 45.7 Å². The third kappa shape index (κ3) is 3.62. The van der Waals surface area contributed by atoms with Crippen molar-refractivity contribution in [1.29, 1.82) is 0 Å². The van der Waals surface area contributed by atoms with Crippen LogP contribution in [-0.4, -0.2) is 66.1 Å². The minimum Gasteiger partial charge on any atom is -0.378 e. The zero-order valence-electron chi connectivity index (χ0n) is 16.1. The van der Waals surface area contributed by atoms with Gasteiger partial charge in [0.1, 0.15) is 0 Å². The number of hydrogen-bond donors (Lipinski definition) is 0. The highest BCUT2D eigenvalue weighted by molar-refractivity contribution is 6.31. The number of hydrogen-bond acceptors (Lipinski definition) is 4. The average molecular weight is 408 g/mol. The molecule has 6 heteroatoms. The molecule has 5 nitrogen and oxygen atoms in total. The zero-order chi connectivity index (χ0) is 19.8. The molecular formula is C23H22ClN3O2. The Labute approximate surface area is 174 Å². The van der Waals surface area contributed by atoms with Gasteiger partial charge in [0.25, 0.3) is 5.91 Å². The SMILES string of the molecule is O=C(c1cccc(-c2ccnc3cc(Cl)ccc23)c1)N1CCN2CCOCC2C1. The van der Waals surface area contributed by atoms with E-state index in [0.717, 1.165) is 54.8 Å². The van der Waals surface area contributed by atoms with Crippen molar-refractivity contribution in [3.8, 4) is 11.1 Å². The first-order chi connectivity index (χ1) is 14.2. The van der Waals surface area contributed by atoms with Gasteiger partial charge in [0.2, 0.25) is 0 Å². The Morgan fingerprint density at radius 3 is 2.97 bits per heavy atom. The summed E-state index contributed by atoms with van der Waals surface area (Å²) in [7, 11) is 0. The Morgan fingerprint density at radius 2 is 2.03 bits per heavy atom. The lowest BCUT2D eigenvalue weighted by Crippen LogP contribution is -2.59. The molecule has 2 aliphatic rings. The van der Waals surface area contributed by atoms with Crippen LogP contribution in [0, 0.1) is 0 Å². The van der Waals surface area contributed by atoms with Crippen LogP contribution in [-0.2, 0) is 4.74 Å². The van der Waals surface area contributed by atoms with Gasteiger partial charge >= 0.3 is 0 Å². The van der Waals surface area contributed by atoms with Crippen molar-refractivity contribution in [1.82, 2.24) is 14.8 Å². The third-order valence-corrected chi connectivity index (χ3v) is 6.09. The van der Waals surface area contributed by atoms with Gasteiger partial charge in [-0.15, -0.1) is 0 Å². The maximum atomic E-state index is 13.2. The van der Waals surface area contributed by atoms with Crippen LogP contribution in [0.5, 0.6) is 0 Å². The van der Waals surface area contributed by atoms with E-state index in [1.54, 1.807) is 6.20 Å². The van der Waals surface area contributed by atoms with E-state index >= 15 is 0 Å².